The molecule has 0 aliphatic heterocycles. The van der Waals surface area contributed by atoms with E-state index >= 15 is 0 Å². The molecule has 0 saturated heterocycles. The first-order chi connectivity index (χ1) is 10.7. The first kappa shape index (κ1) is 14.1. The van der Waals surface area contributed by atoms with Crippen molar-refractivity contribution in [3.05, 3.63) is 36.7 Å². The average Bonchev–Trinajstić information content (AvgIpc) is 3.01. The van der Waals surface area contributed by atoms with Gasteiger partial charge in [-0.2, -0.15) is 0 Å². The van der Waals surface area contributed by atoms with Gasteiger partial charge in [0.1, 0.15) is 5.65 Å². The van der Waals surface area contributed by atoms with Crippen molar-refractivity contribution in [2.24, 2.45) is 0 Å². The molecule has 0 aliphatic carbocycles. The highest BCUT2D eigenvalue weighted by atomic mass is 16.5. The Morgan fingerprint density at radius 1 is 0.955 bits per heavy atom. The van der Waals surface area contributed by atoms with Gasteiger partial charge < -0.3 is 24.5 Å². The Morgan fingerprint density at radius 2 is 1.68 bits per heavy atom. The Hall–Kier alpha value is -2.89. The predicted octanol–water partition coefficient (Wildman–Crippen LogP) is 3.33. The first-order valence-electron chi connectivity index (χ1n) is 6.75. The molecule has 22 heavy (non-hydrogen) atoms. The van der Waals surface area contributed by atoms with Crippen molar-refractivity contribution < 1.29 is 14.2 Å². The molecule has 0 spiro atoms. The molecular weight excluding hydrogens is 282 g/mol. The number of ether oxygens (including phenoxy) is 3. The zero-order chi connectivity index (χ0) is 15.5. The Bertz CT molecular complexity index is 773. The van der Waals surface area contributed by atoms with Gasteiger partial charge in [0, 0.05) is 29.4 Å². The summed E-state index contributed by atoms with van der Waals surface area (Å²) in [5.74, 6) is 1.76. The van der Waals surface area contributed by atoms with Crippen LogP contribution in [-0.4, -0.2) is 31.3 Å². The number of fused-ring (bicyclic) bond motifs is 1. The van der Waals surface area contributed by atoms with E-state index in [2.05, 4.69) is 15.3 Å². The highest BCUT2D eigenvalue weighted by molar-refractivity contribution is 5.80. The van der Waals surface area contributed by atoms with Gasteiger partial charge in [-0.1, -0.05) is 0 Å². The van der Waals surface area contributed by atoms with Crippen LogP contribution in [0.1, 0.15) is 0 Å². The number of pyridine rings is 1. The number of hydrogen-bond acceptors (Lipinski definition) is 5. The second-order valence-corrected chi connectivity index (χ2v) is 4.68. The Kier molecular flexibility index (Phi) is 3.74. The topological polar surface area (TPSA) is 68.4 Å². The zero-order valence-corrected chi connectivity index (χ0v) is 12.6. The second-order valence-electron chi connectivity index (χ2n) is 4.68. The van der Waals surface area contributed by atoms with Crippen LogP contribution in [0.3, 0.4) is 0 Å². The molecule has 0 atom stereocenters. The third kappa shape index (κ3) is 2.50. The maximum absolute atomic E-state index is 5.35. The number of benzene rings is 1. The van der Waals surface area contributed by atoms with E-state index in [9.17, 15) is 0 Å². The molecular formula is C16H17N3O3. The van der Waals surface area contributed by atoms with Crippen molar-refractivity contribution in [2.45, 2.75) is 0 Å². The summed E-state index contributed by atoms with van der Waals surface area (Å²) in [7, 11) is 4.76. The molecule has 3 aromatic rings. The van der Waals surface area contributed by atoms with Crippen LogP contribution in [-0.2, 0) is 0 Å². The molecule has 0 bridgehead atoms. The smallest absolute Gasteiger partial charge is 0.203 e. The third-order valence-corrected chi connectivity index (χ3v) is 3.35. The third-order valence-electron chi connectivity index (χ3n) is 3.35. The maximum Gasteiger partial charge on any atom is 0.203 e. The quantitative estimate of drug-likeness (QED) is 0.756. The molecule has 1 aromatic carbocycles. The van der Waals surface area contributed by atoms with E-state index in [-0.39, 0.29) is 0 Å². The molecule has 0 amide bonds. The van der Waals surface area contributed by atoms with Crippen LogP contribution in [0.4, 0.5) is 11.4 Å². The number of methoxy groups -OCH3 is 3. The Balaban J connectivity index is 1.97. The highest BCUT2D eigenvalue weighted by Gasteiger charge is 2.13. The van der Waals surface area contributed by atoms with Gasteiger partial charge >= 0.3 is 0 Å². The standard InChI is InChI=1S/C16H17N3O3/c1-20-13-7-11(8-14(21-2)15(13)22-3)19-12-6-10-4-5-17-16(10)18-9-12/h4-9,19H,1-3H3,(H,17,18). The molecule has 0 saturated carbocycles. The maximum atomic E-state index is 5.35. The minimum absolute atomic E-state index is 0.565. The van der Waals surface area contributed by atoms with Gasteiger partial charge in [0.2, 0.25) is 5.75 Å². The molecule has 0 aliphatic rings. The summed E-state index contributed by atoms with van der Waals surface area (Å²) in [4.78, 5) is 7.42. The summed E-state index contributed by atoms with van der Waals surface area (Å²) in [6.45, 7) is 0. The monoisotopic (exact) mass is 299 g/mol. The molecule has 0 radical (unpaired) electrons. The lowest BCUT2D eigenvalue weighted by Crippen LogP contribution is -1.98. The van der Waals surface area contributed by atoms with Gasteiger partial charge in [-0.25, -0.2) is 4.98 Å². The Morgan fingerprint density at radius 3 is 2.32 bits per heavy atom. The number of rotatable bonds is 5. The number of hydrogen-bond donors (Lipinski definition) is 2. The van der Waals surface area contributed by atoms with E-state index in [1.165, 1.54) is 0 Å². The van der Waals surface area contributed by atoms with Crippen LogP contribution >= 0.6 is 0 Å². The molecule has 0 unspecified atom stereocenters. The summed E-state index contributed by atoms with van der Waals surface area (Å²) in [5, 5.41) is 4.33. The van der Waals surface area contributed by atoms with Crippen molar-refractivity contribution in [1.82, 2.24) is 9.97 Å². The zero-order valence-electron chi connectivity index (χ0n) is 12.6. The van der Waals surface area contributed by atoms with E-state index < -0.39 is 0 Å². The van der Waals surface area contributed by atoms with E-state index in [1.807, 2.05) is 30.5 Å². The minimum Gasteiger partial charge on any atom is -0.493 e. The fourth-order valence-electron chi connectivity index (χ4n) is 2.33. The van der Waals surface area contributed by atoms with Crippen molar-refractivity contribution in [3.63, 3.8) is 0 Å². The van der Waals surface area contributed by atoms with Crippen molar-refractivity contribution >= 4 is 22.4 Å². The molecule has 114 valence electrons. The number of H-pyrrole nitrogens is 1. The summed E-state index contributed by atoms with van der Waals surface area (Å²) < 4.78 is 16.0. The second kappa shape index (κ2) is 5.85. The largest absolute Gasteiger partial charge is 0.493 e. The lowest BCUT2D eigenvalue weighted by atomic mass is 10.2. The summed E-state index contributed by atoms with van der Waals surface area (Å²) in [5.41, 5.74) is 2.56. The van der Waals surface area contributed by atoms with Crippen molar-refractivity contribution in [2.75, 3.05) is 26.6 Å². The van der Waals surface area contributed by atoms with E-state index in [1.54, 1.807) is 27.5 Å². The van der Waals surface area contributed by atoms with E-state index in [4.69, 9.17) is 14.2 Å². The minimum atomic E-state index is 0.565. The van der Waals surface area contributed by atoms with Crippen LogP contribution in [0.2, 0.25) is 0 Å². The number of anilines is 2. The van der Waals surface area contributed by atoms with Crippen LogP contribution in [0.5, 0.6) is 17.2 Å². The van der Waals surface area contributed by atoms with Gasteiger partial charge in [0.15, 0.2) is 11.5 Å². The van der Waals surface area contributed by atoms with Gasteiger partial charge in [-0.15, -0.1) is 0 Å². The van der Waals surface area contributed by atoms with Crippen LogP contribution in [0, 0.1) is 0 Å². The summed E-state index contributed by atoms with van der Waals surface area (Å²) in [6.07, 6.45) is 3.63. The highest BCUT2D eigenvalue weighted by Crippen LogP contribution is 2.40. The number of aromatic amines is 1. The number of aromatic nitrogens is 2. The molecule has 6 nitrogen and oxygen atoms in total. The van der Waals surface area contributed by atoms with Crippen molar-refractivity contribution in [1.29, 1.82) is 0 Å². The van der Waals surface area contributed by atoms with Crippen LogP contribution in [0.25, 0.3) is 11.0 Å². The van der Waals surface area contributed by atoms with Crippen LogP contribution in [0.15, 0.2) is 36.7 Å². The average molecular weight is 299 g/mol. The van der Waals surface area contributed by atoms with E-state index in [0.717, 1.165) is 22.4 Å². The van der Waals surface area contributed by atoms with Gasteiger partial charge in [0.25, 0.3) is 0 Å². The first-order valence-corrected chi connectivity index (χ1v) is 6.75. The molecule has 0 fully saturated rings. The SMILES string of the molecule is COc1cc(Nc2cnc3[nH]ccc3c2)cc(OC)c1OC. The summed E-state index contributed by atoms with van der Waals surface area (Å²) in [6, 6.07) is 7.69. The molecule has 2 N–H and O–H groups in total. The molecule has 2 heterocycles. The van der Waals surface area contributed by atoms with Gasteiger partial charge in [0.05, 0.1) is 33.2 Å². The predicted molar refractivity (Wildman–Crippen MR) is 85.5 cm³/mol. The van der Waals surface area contributed by atoms with Crippen molar-refractivity contribution in [3.8, 4) is 17.2 Å². The van der Waals surface area contributed by atoms with E-state index in [0.29, 0.717) is 17.2 Å². The molecule has 2 aromatic heterocycles. The van der Waals surface area contributed by atoms with Gasteiger partial charge in [-0.05, 0) is 12.1 Å². The lowest BCUT2D eigenvalue weighted by molar-refractivity contribution is 0.324. The van der Waals surface area contributed by atoms with Crippen LogP contribution < -0.4 is 19.5 Å². The molecule has 6 heteroatoms. The fraction of sp³-hybridized carbons (Fsp3) is 0.188. The number of nitrogens with zero attached hydrogens (tertiary/aromatic N) is 1. The number of nitrogens with one attached hydrogen (secondary N) is 2. The Labute approximate surface area is 128 Å². The van der Waals surface area contributed by atoms with Gasteiger partial charge in [-0.3, -0.25) is 0 Å². The molecule has 3 rings (SSSR count). The fourth-order valence-corrected chi connectivity index (χ4v) is 2.33. The summed E-state index contributed by atoms with van der Waals surface area (Å²) >= 11 is 0. The normalized spacial score (nSPS) is 10.5. The lowest BCUT2D eigenvalue weighted by Gasteiger charge is -2.15.